The Morgan fingerprint density at radius 2 is 2.28 bits per heavy atom. The number of hydrogen-bond acceptors (Lipinski definition) is 2. The average molecular weight is 334 g/mol. The first kappa shape index (κ1) is 15.5. The van der Waals surface area contributed by atoms with Crippen LogP contribution in [-0.4, -0.2) is 17.7 Å². The van der Waals surface area contributed by atoms with Crippen molar-refractivity contribution in [2.75, 3.05) is 6.54 Å². The van der Waals surface area contributed by atoms with Crippen molar-refractivity contribution in [3.8, 4) is 0 Å². The molecule has 0 aromatic heterocycles. The van der Waals surface area contributed by atoms with Crippen LogP contribution < -0.4 is 5.32 Å². The number of hydrogen-bond donors (Lipinski definition) is 1. The fourth-order valence-electron chi connectivity index (χ4n) is 1.32. The fourth-order valence-corrected chi connectivity index (χ4v) is 2.91. The van der Waals surface area contributed by atoms with Crippen LogP contribution in [-0.2, 0) is 10.5 Å². The van der Waals surface area contributed by atoms with Crippen molar-refractivity contribution < 1.29 is 9.18 Å². The molecule has 0 bridgehead atoms. The highest BCUT2D eigenvalue weighted by Crippen LogP contribution is 2.24. The molecular formula is C13H17BrFNOS. The van der Waals surface area contributed by atoms with Gasteiger partial charge >= 0.3 is 0 Å². The van der Waals surface area contributed by atoms with E-state index < -0.39 is 0 Å². The molecule has 100 valence electrons. The van der Waals surface area contributed by atoms with Crippen LogP contribution in [0.3, 0.4) is 0 Å². The van der Waals surface area contributed by atoms with Gasteiger partial charge in [0, 0.05) is 16.8 Å². The summed E-state index contributed by atoms with van der Waals surface area (Å²) in [6, 6.07) is 4.61. The van der Waals surface area contributed by atoms with Crippen LogP contribution in [0.5, 0.6) is 0 Å². The van der Waals surface area contributed by atoms with Crippen molar-refractivity contribution in [1.82, 2.24) is 5.32 Å². The highest BCUT2D eigenvalue weighted by Gasteiger charge is 2.13. The lowest BCUT2D eigenvalue weighted by Crippen LogP contribution is -2.31. The molecule has 1 amide bonds. The zero-order valence-electron chi connectivity index (χ0n) is 10.5. The molecule has 0 heterocycles. The van der Waals surface area contributed by atoms with E-state index >= 15 is 0 Å². The quantitative estimate of drug-likeness (QED) is 0.859. The highest BCUT2D eigenvalue weighted by molar-refractivity contribution is 9.10. The Hall–Kier alpha value is -0.550. The smallest absolute Gasteiger partial charge is 0.232 e. The van der Waals surface area contributed by atoms with Crippen molar-refractivity contribution in [2.24, 2.45) is 0 Å². The molecule has 1 aromatic carbocycles. The van der Waals surface area contributed by atoms with Crippen molar-refractivity contribution in [1.29, 1.82) is 0 Å². The van der Waals surface area contributed by atoms with E-state index in [0.717, 1.165) is 16.5 Å². The maximum atomic E-state index is 12.9. The van der Waals surface area contributed by atoms with Crippen molar-refractivity contribution in [3.63, 3.8) is 0 Å². The lowest BCUT2D eigenvalue weighted by molar-refractivity contribution is -0.120. The number of carbonyl (C=O) groups is 1. The SMILES string of the molecule is CCCNC(=O)C(C)SCc1ccc(F)cc1Br. The maximum Gasteiger partial charge on any atom is 0.232 e. The van der Waals surface area contributed by atoms with Crippen molar-refractivity contribution >= 4 is 33.6 Å². The minimum atomic E-state index is -0.260. The lowest BCUT2D eigenvalue weighted by Gasteiger charge is -2.12. The van der Waals surface area contributed by atoms with E-state index in [2.05, 4.69) is 21.2 Å². The van der Waals surface area contributed by atoms with Gasteiger partial charge in [-0.1, -0.05) is 28.9 Å². The summed E-state index contributed by atoms with van der Waals surface area (Å²) in [4.78, 5) is 11.7. The Bertz CT molecular complexity index is 414. The van der Waals surface area contributed by atoms with Gasteiger partial charge in [-0.3, -0.25) is 4.79 Å². The van der Waals surface area contributed by atoms with Gasteiger partial charge < -0.3 is 5.32 Å². The van der Waals surface area contributed by atoms with Crippen LogP contribution in [0.2, 0.25) is 0 Å². The van der Waals surface area contributed by atoms with Gasteiger partial charge in [0.15, 0.2) is 0 Å². The number of carbonyl (C=O) groups excluding carboxylic acids is 1. The molecule has 1 rings (SSSR count). The third-order valence-electron chi connectivity index (χ3n) is 2.42. The van der Waals surface area contributed by atoms with Gasteiger partial charge in [0.2, 0.25) is 5.91 Å². The Labute approximate surface area is 120 Å². The van der Waals surface area contributed by atoms with Gasteiger partial charge in [0.05, 0.1) is 5.25 Å². The van der Waals surface area contributed by atoms with Gasteiger partial charge in [-0.05, 0) is 31.0 Å². The predicted octanol–water partition coefficient (Wildman–Crippen LogP) is 3.74. The topological polar surface area (TPSA) is 29.1 Å². The van der Waals surface area contributed by atoms with Gasteiger partial charge in [0.25, 0.3) is 0 Å². The maximum absolute atomic E-state index is 12.9. The van der Waals surface area contributed by atoms with E-state index in [1.54, 1.807) is 17.8 Å². The Morgan fingerprint density at radius 1 is 1.56 bits per heavy atom. The van der Waals surface area contributed by atoms with Gasteiger partial charge in [-0.15, -0.1) is 11.8 Å². The first-order chi connectivity index (χ1) is 8.54. The standard InChI is InChI=1S/C13H17BrFNOS/c1-3-6-16-13(17)9(2)18-8-10-4-5-11(15)7-12(10)14/h4-5,7,9H,3,6,8H2,1-2H3,(H,16,17). The zero-order valence-corrected chi connectivity index (χ0v) is 12.9. The number of halogens is 2. The molecule has 1 aromatic rings. The summed E-state index contributed by atoms with van der Waals surface area (Å²) in [6.07, 6.45) is 0.937. The van der Waals surface area contributed by atoms with Gasteiger partial charge in [-0.2, -0.15) is 0 Å². The monoisotopic (exact) mass is 333 g/mol. The van der Waals surface area contributed by atoms with Crippen molar-refractivity contribution in [3.05, 3.63) is 34.1 Å². The number of benzene rings is 1. The van der Waals surface area contributed by atoms with E-state index in [1.807, 2.05) is 13.8 Å². The second-order valence-corrected chi connectivity index (χ2v) is 6.16. The predicted molar refractivity (Wildman–Crippen MR) is 78.2 cm³/mol. The molecule has 18 heavy (non-hydrogen) atoms. The summed E-state index contributed by atoms with van der Waals surface area (Å²) in [6.45, 7) is 4.62. The van der Waals surface area contributed by atoms with E-state index in [0.29, 0.717) is 12.3 Å². The Morgan fingerprint density at radius 3 is 2.89 bits per heavy atom. The van der Waals surface area contributed by atoms with Gasteiger partial charge in [-0.25, -0.2) is 4.39 Å². The average Bonchev–Trinajstić information content (AvgIpc) is 2.34. The minimum absolute atomic E-state index is 0.0556. The number of rotatable bonds is 6. The summed E-state index contributed by atoms with van der Waals surface area (Å²) in [5.41, 5.74) is 0.997. The lowest BCUT2D eigenvalue weighted by atomic mass is 10.2. The van der Waals surface area contributed by atoms with Crippen LogP contribution in [0, 0.1) is 5.82 Å². The van der Waals surface area contributed by atoms with Crippen LogP contribution in [0.1, 0.15) is 25.8 Å². The molecule has 0 spiro atoms. The summed E-state index contributed by atoms with van der Waals surface area (Å²) in [5.74, 6) is 0.478. The third kappa shape index (κ3) is 4.98. The molecule has 0 fully saturated rings. The van der Waals surface area contributed by atoms with Crippen LogP contribution in [0.15, 0.2) is 22.7 Å². The molecule has 1 atom stereocenters. The zero-order chi connectivity index (χ0) is 13.5. The molecule has 0 saturated carbocycles. The highest BCUT2D eigenvalue weighted by atomic mass is 79.9. The van der Waals surface area contributed by atoms with Crippen molar-refractivity contribution in [2.45, 2.75) is 31.3 Å². The Kier molecular flexibility index (Phi) is 6.71. The molecule has 1 N–H and O–H groups in total. The second kappa shape index (κ2) is 7.79. The van der Waals surface area contributed by atoms with E-state index in [-0.39, 0.29) is 17.0 Å². The molecule has 2 nitrogen and oxygen atoms in total. The molecule has 0 aliphatic carbocycles. The molecular weight excluding hydrogens is 317 g/mol. The van der Waals surface area contributed by atoms with E-state index in [1.165, 1.54) is 12.1 Å². The second-order valence-electron chi connectivity index (χ2n) is 3.98. The van der Waals surface area contributed by atoms with E-state index in [4.69, 9.17) is 0 Å². The first-order valence-corrected chi connectivity index (χ1v) is 7.72. The van der Waals surface area contributed by atoms with E-state index in [9.17, 15) is 9.18 Å². The normalized spacial score (nSPS) is 12.2. The van der Waals surface area contributed by atoms with Gasteiger partial charge in [0.1, 0.15) is 5.82 Å². The molecule has 0 saturated heterocycles. The van der Waals surface area contributed by atoms with Crippen LogP contribution in [0.25, 0.3) is 0 Å². The third-order valence-corrected chi connectivity index (χ3v) is 4.35. The summed E-state index contributed by atoms with van der Waals surface area (Å²) in [5, 5.41) is 2.76. The molecule has 5 heteroatoms. The summed E-state index contributed by atoms with van der Waals surface area (Å²) < 4.78 is 13.7. The summed E-state index contributed by atoms with van der Waals surface area (Å²) in [7, 11) is 0. The number of thioether (sulfide) groups is 1. The number of amides is 1. The molecule has 0 radical (unpaired) electrons. The largest absolute Gasteiger partial charge is 0.355 e. The fraction of sp³-hybridized carbons (Fsp3) is 0.462. The molecule has 0 aliphatic heterocycles. The molecule has 0 aliphatic rings. The first-order valence-electron chi connectivity index (χ1n) is 5.87. The number of nitrogens with one attached hydrogen (secondary N) is 1. The van der Waals surface area contributed by atoms with Crippen LogP contribution in [0.4, 0.5) is 4.39 Å². The molecule has 1 unspecified atom stereocenters. The minimum Gasteiger partial charge on any atom is -0.355 e. The van der Waals surface area contributed by atoms with Crippen LogP contribution >= 0.6 is 27.7 Å². The Balaban J connectivity index is 2.46. The summed E-state index contributed by atoms with van der Waals surface area (Å²) >= 11 is 4.87.